The van der Waals surface area contributed by atoms with E-state index in [0.717, 1.165) is 36.4 Å². The Labute approximate surface area is 106 Å². The summed E-state index contributed by atoms with van der Waals surface area (Å²) in [7, 11) is 0. The minimum atomic E-state index is -1.25. The van der Waals surface area contributed by atoms with Crippen LogP contribution in [-0.4, -0.2) is 11.1 Å². The maximum atomic E-state index is 13.5. The highest BCUT2D eigenvalue weighted by Gasteiger charge is 2.11. The summed E-state index contributed by atoms with van der Waals surface area (Å²) < 4.78 is 39.8. The van der Waals surface area contributed by atoms with Gasteiger partial charge in [-0.2, -0.15) is 0 Å². The summed E-state index contributed by atoms with van der Waals surface area (Å²) in [6.45, 7) is 0. The lowest BCUT2D eigenvalue weighted by Crippen LogP contribution is -2.01. The molecule has 0 radical (unpaired) electrons. The van der Waals surface area contributed by atoms with E-state index < -0.39 is 23.4 Å². The first kappa shape index (κ1) is 12.9. The number of carboxylic acid groups (broad SMARTS) is 1. The van der Waals surface area contributed by atoms with Crippen LogP contribution in [0.5, 0.6) is 0 Å². The van der Waals surface area contributed by atoms with Crippen LogP contribution in [0.25, 0.3) is 0 Å². The van der Waals surface area contributed by atoms with Crippen LogP contribution < -0.4 is 5.32 Å². The Morgan fingerprint density at radius 2 is 1.53 bits per heavy atom. The molecular weight excluding hydrogens is 259 g/mol. The number of nitrogens with one attached hydrogen (secondary N) is 1. The molecule has 0 heterocycles. The molecule has 19 heavy (non-hydrogen) atoms. The molecule has 0 saturated carbocycles. The summed E-state index contributed by atoms with van der Waals surface area (Å²) in [4.78, 5) is 10.8. The van der Waals surface area contributed by atoms with Crippen molar-refractivity contribution in [2.75, 3.05) is 5.32 Å². The van der Waals surface area contributed by atoms with E-state index in [0.29, 0.717) is 0 Å². The number of carboxylic acids is 1. The van der Waals surface area contributed by atoms with Crippen molar-refractivity contribution in [1.29, 1.82) is 0 Å². The number of aromatic carboxylic acids is 1. The van der Waals surface area contributed by atoms with Crippen molar-refractivity contribution in [3.8, 4) is 0 Å². The molecule has 0 saturated heterocycles. The van der Waals surface area contributed by atoms with Crippen molar-refractivity contribution in [3.63, 3.8) is 0 Å². The van der Waals surface area contributed by atoms with E-state index in [2.05, 4.69) is 5.32 Å². The van der Waals surface area contributed by atoms with Gasteiger partial charge < -0.3 is 10.4 Å². The zero-order chi connectivity index (χ0) is 14.0. The fourth-order valence-electron chi connectivity index (χ4n) is 1.49. The van der Waals surface area contributed by atoms with Gasteiger partial charge in [0, 0.05) is 6.07 Å². The number of halogens is 3. The number of rotatable bonds is 3. The maximum absolute atomic E-state index is 13.5. The summed E-state index contributed by atoms with van der Waals surface area (Å²) in [6.07, 6.45) is 0. The Morgan fingerprint density at radius 3 is 2.16 bits per heavy atom. The molecule has 3 nitrogen and oxygen atoms in total. The molecule has 0 aliphatic rings. The van der Waals surface area contributed by atoms with Crippen molar-refractivity contribution in [1.82, 2.24) is 0 Å². The Morgan fingerprint density at radius 1 is 0.947 bits per heavy atom. The van der Waals surface area contributed by atoms with Gasteiger partial charge in [0.1, 0.15) is 17.5 Å². The van der Waals surface area contributed by atoms with Crippen molar-refractivity contribution in [2.24, 2.45) is 0 Å². The third kappa shape index (κ3) is 2.85. The van der Waals surface area contributed by atoms with Gasteiger partial charge in [0.05, 0.1) is 16.9 Å². The Bertz CT molecular complexity index is 644. The van der Waals surface area contributed by atoms with Gasteiger partial charge in [0.25, 0.3) is 0 Å². The molecule has 0 aliphatic carbocycles. The lowest BCUT2D eigenvalue weighted by atomic mass is 10.2. The average Bonchev–Trinajstić information content (AvgIpc) is 2.36. The maximum Gasteiger partial charge on any atom is 0.335 e. The van der Waals surface area contributed by atoms with E-state index >= 15 is 0 Å². The van der Waals surface area contributed by atoms with Crippen LogP contribution in [0.4, 0.5) is 24.5 Å². The average molecular weight is 267 g/mol. The van der Waals surface area contributed by atoms with Crippen LogP contribution in [0.15, 0.2) is 36.4 Å². The summed E-state index contributed by atoms with van der Waals surface area (Å²) >= 11 is 0. The predicted molar refractivity (Wildman–Crippen MR) is 63.0 cm³/mol. The van der Waals surface area contributed by atoms with Gasteiger partial charge in [-0.1, -0.05) is 0 Å². The molecule has 2 rings (SSSR count). The minimum absolute atomic E-state index is 0.166. The minimum Gasteiger partial charge on any atom is -0.478 e. The molecular formula is C13H8F3NO2. The molecule has 0 aliphatic heterocycles. The lowest BCUT2D eigenvalue weighted by molar-refractivity contribution is 0.0697. The molecule has 6 heteroatoms. The fourth-order valence-corrected chi connectivity index (χ4v) is 1.49. The molecule has 98 valence electrons. The normalized spacial score (nSPS) is 10.3. The van der Waals surface area contributed by atoms with Gasteiger partial charge in [-0.05, 0) is 30.3 Å². The van der Waals surface area contributed by atoms with Crippen molar-refractivity contribution in [2.45, 2.75) is 0 Å². The van der Waals surface area contributed by atoms with Crippen molar-refractivity contribution >= 4 is 17.3 Å². The number of anilines is 2. The highest BCUT2D eigenvalue weighted by Crippen LogP contribution is 2.24. The molecule has 0 bridgehead atoms. The second-order valence-corrected chi connectivity index (χ2v) is 3.75. The van der Waals surface area contributed by atoms with Gasteiger partial charge in [0.15, 0.2) is 0 Å². The van der Waals surface area contributed by atoms with Crippen LogP contribution in [0.1, 0.15) is 10.4 Å². The molecule has 2 N–H and O–H groups in total. The number of hydrogen-bond acceptors (Lipinski definition) is 2. The zero-order valence-corrected chi connectivity index (χ0v) is 9.45. The monoisotopic (exact) mass is 267 g/mol. The first-order valence-corrected chi connectivity index (χ1v) is 5.22. The standard InChI is InChI=1S/C13H8F3NO2/c14-8-2-4-10(16)12(6-8)17-11-5-7(13(18)19)1-3-9(11)15/h1-6,17H,(H,18,19). The Balaban J connectivity index is 2.40. The van der Waals surface area contributed by atoms with E-state index in [1.54, 1.807) is 0 Å². The van der Waals surface area contributed by atoms with Crippen molar-refractivity contribution < 1.29 is 23.1 Å². The van der Waals surface area contributed by atoms with Gasteiger partial charge in [-0.15, -0.1) is 0 Å². The lowest BCUT2D eigenvalue weighted by Gasteiger charge is -2.09. The summed E-state index contributed by atoms with van der Waals surface area (Å²) in [6, 6.07) is 5.67. The van der Waals surface area contributed by atoms with Crippen LogP contribution in [-0.2, 0) is 0 Å². The summed E-state index contributed by atoms with van der Waals surface area (Å²) in [5, 5.41) is 11.1. The Kier molecular flexibility index (Phi) is 3.41. The second-order valence-electron chi connectivity index (χ2n) is 3.75. The number of carbonyl (C=O) groups is 1. The SMILES string of the molecule is O=C(O)c1ccc(F)c(Nc2cc(F)ccc2F)c1. The summed E-state index contributed by atoms with van der Waals surface area (Å²) in [5.41, 5.74) is -0.688. The predicted octanol–water partition coefficient (Wildman–Crippen LogP) is 3.55. The Hall–Kier alpha value is -2.50. The van der Waals surface area contributed by atoms with Gasteiger partial charge >= 0.3 is 5.97 Å². The third-order valence-electron chi connectivity index (χ3n) is 2.41. The highest BCUT2D eigenvalue weighted by atomic mass is 19.1. The number of hydrogen-bond donors (Lipinski definition) is 2. The van der Waals surface area contributed by atoms with Crippen LogP contribution in [0.2, 0.25) is 0 Å². The largest absolute Gasteiger partial charge is 0.478 e. The fraction of sp³-hybridized carbons (Fsp3) is 0. The second kappa shape index (κ2) is 5.01. The smallest absolute Gasteiger partial charge is 0.335 e. The zero-order valence-electron chi connectivity index (χ0n) is 9.45. The molecule has 2 aromatic carbocycles. The first-order valence-electron chi connectivity index (χ1n) is 5.22. The van der Waals surface area contributed by atoms with Crippen LogP contribution in [0, 0.1) is 17.5 Å². The van der Waals surface area contributed by atoms with E-state index in [4.69, 9.17) is 5.11 Å². The topological polar surface area (TPSA) is 49.3 Å². The molecule has 2 aromatic rings. The molecule has 0 spiro atoms. The molecule has 0 atom stereocenters. The van der Waals surface area contributed by atoms with Crippen molar-refractivity contribution in [3.05, 3.63) is 59.4 Å². The molecule has 0 amide bonds. The van der Waals surface area contributed by atoms with E-state index in [1.165, 1.54) is 0 Å². The van der Waals surface area contributed by atoms with Crippen LogP contribution >= 0.6 is 0 Å². The highest BCUT2D eigenvalue weighted by molar-refractivity contribution is 5.89. The third-order valence-corrected chi connectivity index (χ3v) is 2.41. The summed E-state index contributed by atoms with van der Waals surface area (Å²) in [5.74, 6) is -3.49. The van der Waals surface area contributed by atoms with E-state index in [-0.39, 0.29) is 16.9 Å². The van der Waals surface area contributed by atoms with Gasteiger partial charge in [-0.3, -0.25) is 0 Å². The van der Waals surface area contributed by atoms with Crippen LogP contribution in [0.3, 0.4) is 0 Å². The molecule has 0 aromatic heterocycles. The molecule has 0 fully saturated rings. The quantitative estimate of drug-likeness (QED) is 0.894. The van der Waals surface area contributed by atoms with Gasteiger partial charge in [-0.25, -0.2) is 18.0 Å². The first-order chi connectivity index (χ1) is 8.97. The van der Waals surface area contributed by atoms with E-state index in [9.17, 15) is 18.0 Å². The number of benzene rings is 2. The van der Waals surface area contributed by atoms with E-state index in [1.807, 2.05) is 0 Å². The van der Waals surface area contributed by atoms with Gasteiger partial charge in [0.2, 0.25) is 0 Å². The molecule has 0 unspecified atom stereocenters.